The van der Waals surface area contributed by atoms with Gasteiger partial charge >= 0.3 is 0 Å². The van der Waals surface area contributed by atoms with E-state index >= 15 is 0 Å². The quantitative estimate of drug-likeness (QED) is 0.226. The van der Waals surface area contributed by atoms with E-state index in [1.165, 1.54) is 17.7 Å². The van der Waals surface area contributed by atoms with Gasteiger partial charge in [0.1, 0.15) is 17.4 Å². The summed E-state index contributed by atoms with van der Waals surface area (Å²) in [7, 11) is 0. The lowest BCUT2D eigenvalue weighted by Gasteiger charge is -2.25. The van der Waals surface area contributed by atoms with Crippen molar-refractivity contribution in [2.45, 2.75) is 19.4 Å². The van der Waals surface area contributed by atoms with Gasteiger partial charge in [-0.3, -0.25) is 4.79 Å². The zero-order valence-electron chi connectivity index (χ0n) is 20.6. The Morgan fingerprint density at radius 1 is 0.947 bits per heavy atom. The molecule has 0 radical (unpaired) electrons. The molecule has 1 amide bonds. The smallest absolute Gasteiger partial charge is 0.222 e. The van der Waals surface area contributed by atoms with E-state index in [2.05, 4.69) is 22.3 Å². The third-order valence-electron chi connectivity index (χ3n) is 6.20. The number of furan rings is 1. The minimum atomic E-state index is -0.331. The van der Waals surface area contributed by atoms with Crippen LogP contribution in [0.4, 0.5) is 10.2 Å². The Morgan fingerprint density at radius 3 is 2.53 bits per heavy atom. The van der Waals surface area contributed by atoms with Gasteiger partial charge in [0.15, 0.2) is 5.82 Å². The van der Waals surface area contributed by atoms with Gasteiger partial charge in [-0.2, -0.15) is 0 Å². The fraction of sp³-hybridized carbons (Fsp3) is 0.167. The first kappa shape index (κ1) is 25.4. The van der Waals surface area contributed by atoms with Crippen LogP contribution in [0.15, 0.2) is 95.6 Å². The molecule has 0 unspecified atom stereocenters. The lowest BCUT2D eigenvalue weighted by Crippen LogP contribution is -2.33. The van der Waals surface area contributed by atoms with E-state index < -0.39 is 0 Å². The Morgan fingerprint density at radius 2 is 1.76 bits per heavy atom. The van der Waals surface area contributed by atoms with Gasteiger partial charge in [0.2, 0.25) is 5.91 Å². The van der Waals surface area contributed by atoms with Crippen molar-refractivity contribution in [3.63, 3.8) is 0 Å². The van der Waals surface area contributed by atoms with E-state index in [9.17, 15) is 9.18 Å². The van der Waals surface area contributed by atoms with Gasteiger partial charge in [0.25, 0.3) is 0 Å². The first-order valence-corrected chi connectivity index (χ1v) is 12.7. The van der Waals surface area contributed by atoms with Crippen LogP contribution in [-0.4, -0.2) is 29.0 Å². The van der Waals surface area contributed by atoms with Crippen molar-refractivity contribution in [2.24, 2.45) is 0 Å². The van der Waals surface area contributed by atoms with Crippen LogP contribution in [0.1, 0.15) is 17.7 Å². The number of hydrogen-bond donors (Lipinski definition) is 1. The van der Waals surface area contributed by atoms with E-state index in [0.29, 0.717) is 53.1 Å². The maximum Gasteiger partial charge on any atom is 0.222 e. The molecule has 0 aliphatic carbocycles. The molecule has 0 fully saturated rings. The number of hydrogen-bond acceptors (Lipinski definition) is 5. The Kier molecular flexibility index (Phi) is 7.95. The van der Waals surface area contributed by atoms with Gasteiger partial charge in [-0.15, -0.1) is 0 Å². The lowest BCUT2D eigenvalue weighted by atomic mass is 10.1. The SMILES string of the molecule is O=C(CCN(CCc1ccccc1)c1nc(-c2ccc(F)cc2)nc2cc(Cl)ccc12)NCc1ccco1. The Labute approximate surface area is 225 Å². The van der Waals surface area contributed by atoms with E-state index in [4.69, 9.17) is 26.0 Å². The number of carbonyl (C=O) groups is 1. The molecule has 5 rings (SSSR count). The average Bonchev–Trinajstić information content (AvgIpc) is 3.46. The molecule has 2 heterocycles. The van der Waals surface area contributed by atoms with Gasteiger partial charge < -0.3 is 14.6 Å². The number of nitrogens with zero attached hydrogens (tertiary/aromatic N) is 3. The van der Waals surface area contributed by atoms with Crippen LogP contribution in [0.25, 0.3) is 22.3 Å². The maximum atomic E-state index is 13.6. The largest absolute Gasteiger partial charge is 0.467 e. The fourth-order valence-electron chi connectivity index (χ4n) is 4.21. The highest BCUT2D eigenvalue weighted by Crippen LogP contribution is 2.30. The molecule has 0 aliphatic rings. The topological polar surface area (TPSA) is 71.3 Å². The van der Waals surface area contributed by atoms with Gasteiger partial charge in [0, 0.05) is 35.5 Å². The molecular weight excluding hydrogens is 503 g/mol. The third-order valence-corrected chi connectivity index (χ3v) is 6.44. The van der Waals surface area contributed by atoms with E-state index in [0.717, 1.165) is 11.8 Å². The number of amides is 1. The van der Waals surface area contributed by atoms with E-state index in [1.54, 1.807) is 36.6 Å². The second-order valence-corrected chi connectivity index (χ2v) is 9.30. The second kappa shape index (κ2) is 11.9. The number of benzene rings is 3. The van der Waals surface area contributed by atoms with Crippen LogP contribution in [-0.2, 0) is 17.8 Å². The first-order chi connectivity index (χ1) is 18.5. The molecule has 0 bridgehead atoms. The number of fused-ring (bicyclic) bond motifs is 1. The Bertz CT molecular complexity index is 1510. The summed E-state index contributed by atoms with van der Waals surface area (Å²) in [5.74, 6) is 1.43. The van der Waals surface area contributed by atoms with Crippen molar-refractivity contribution in [1.29, 1.82) is 0 Å². The normalized spacial score (nSPS) is 11.0. The predicted molar refractivity (Wildman–Crippen MR) is 147 cm³/mol. The number of carbonyl (C=O) groups excluding carboxylic acids is 1. The minimum Gasteiger partial charge on any atom is -0.467 e. The van der Waals surface area contributed by atoms with Crippen molar-refractivity contribution in [1.82, 2.24) is 15.3 Å². The summed E-state index contributed by atoms with van der Waals surface area (Å²) in [6.45, 7) is 1.40. The third kappa shape index (κ3) is 6.36. The predicted octanol–water partition coefficient (Wildman–Crippen LogP) is 6.44. The zero-order valence-corrected chi connectivity index (χ0v) is 21.4. The minimum absolute atomic E-state index is 0.0914. The highest BCUT2D eigenvalue weighted by Gasteiger charge is 2.18. The van der Waals surface area contributed by atoms with Crippen molar-refractivity contribution in [3.8, 4) is 11.4 Å². The average molecular weight is 529 g/mol. The van der Waals surface area contributed by atoms with Gasteiger partial charge in [-0.25, -0.2) is 14.4 Å². The molecule has 0 saturated heterocycles. The monoisotopic (exact) mass is 528 g/mol. The highest BCUT2D eigenvalue weighted by atomic mass is 35.5. The molecule has 1 N–H and O–H groups in total. The molecule has 8 heteroatoms. The van der Waals surface area contributed by atoms with E-state index in [1.807, 2.05) is 30.3 Å². The number of aromatic nitrogens is 2. The standard InChI is InChI=1S/C30H26ClFN4O2/c31-23-10-13-26-27(19-23)34-29(22-8-11-24(32)12-9-22)35-30(26)36(16-14-21-5-2-1-3-6-21)17-15-28(37)33-20-25-7-4-18-38-25/h1-13,18-19H,14-17,20H2,(H,33,37). The van der Waals surface area contributed by atoms with Gasteiger partial charge in [0.05, 0.1) is 18.3 Å². The number of anilines is 1. The summed E-state index contributed by atoms with van der Waals surface area (Å²) in [5, 5.41) is 4.29. The molecule has 0 aliphatic heterocycles. The molecule has 5 aromatic rings. The van der Waals surface area contributed by atoms with Gasteiger partial charge in [-0.05, 0) is 66.6 Å². The van der Waals surface area contributed by atoms with Crippen molar-refractivity contribution < 1.29 is 13.6 Å². The molecule has 0 saturated carbocycles. The van der Waals surface area contributed by atoms with Crippen LogP contribution in [0.2, 0.25) is 5.02 Å². The summed E-state index contributed by atoms with van der Waals surface area (Å²) < 4.78 is 18.9. The van der Waals surface area contributed by atoms with Crippen LogP contribution in [0, 0.1) is 5.82 Å². The lowest BCUT2D eigenvalue weighted by molar-refractivity contribution is -0.121. The van der Waals surface area contributed by atoms with Crippen LogP contribution >= 0.6 is 11.6 Å². The van der Waals surface area contributed by atoms with Crippen LogP contribution in [0.5, 0.6) is 0 Å². The number of nitrogens with one attached hydrogen (secondary N) is 1. The number of rotatable bonds is 10. The van der Waals surface area contributed by atoms with Crippen molar-refractivity contribution in [3.05, 3.63) is 113 Å². The molecular formula is C30H26ClFN4O2. The summed E-state index contributed by atoms with van der Waals surface area (Å²) in [6, 6.07) is 25.4. The highest BCUT2D eigenvalue weighted by molar-refractivity contribution is 6.31. The molecule has 2 aromatic heterocycles. The van der Waals surface area contributed by atoms with Gasteiger partial charge in [-0.1, -0.05) is 41.9 Å². The fourth-order valence-corrected chi connectivity index (χ4v) is 4.38. The molecule has 38 heavy (non-hydrogen) atoms. The number of halogens is 2. The molecule has 192 valence electrons. The molecule has 3 aromatic carbocycles. The summed E-state index contributed by atoms with van der Waals surface area (Å²) in [6.07, 6.45) is 2.61. The van der Waals surface area contributed by atoms with Crippen LogP contribution < -0.4 is 10.2 Å². The molecule has 0 spiro atoms. The molecule has 6 nitrogen and oxygen atoms in total. The first-order valence-electron chi connectivity index (χ1n) is 12.4. The summed E-state index contributed by atoms with van der Waals surface area (Å²) in [5.41, 5.74) is 2.54. The Hall–Kier alpha value is -4.23. The van der Waals surface area contributed by atoms with E-state index in [-0.39, 0.29) is 18.1 Å². The zero-order chi connectivity index (χ0) is 26.3. The summed E-state index contributed by atoms with van der Waals surface area (Å²) >= 11 is 6.31. The maximum absolute atomic E-state index is 13.6. The second-order valence-electron chi connectivity index (χ2n) is 8.87. The molecule has 0 atom stereocenters. The van der Waals surface area contributed by atoms with Crippen LogP contribution in [0.3, 0.4) is 0 Å². The summed E-state index contributed by atoms with van der Waals surface area (Å²) in [4.78, 5) is 24.4. The van der Waals surface area contributed by atoms with Crippen molar-refractivity contribution in [2.75, 3.05) is 18.0 Å². The van der Waals surface area contributed by atoms with Crippen molar-refractivity contribution >= 4 is 34.2 Å². The Balaban J connectivity index is 1.46.